The van der Waals surface area contributed by atoms with Crippen LogP contribution in [-0.2, 0) is 10.0 Å². The van der Waals surface area contributed by atoms with E-state index in [9.17, 15) is 18.0 Å². The third-order valence-corrected chi connectivity index (χ3v) is 6.45. The van der Waals surface area contributed by atoms with Crippen molar-refractivity contribution in [1.29, 1.82) is 0 Å². The summed E-state index contributed by atoms with van der Waals surface area (Å²) in [6, 6.07) is 6.60. The highest BCUT2D eigenvalue weighted by Crippen LogP contribution is 2.26. The zero-order valence-electron chi connectivity index (χ0n) is 13.8. The van der Waals surface area contributed by atoms with Crippen molar-refractivity contribution >= 4 is 27.0 Å². The van der Waals surface area contributed by atoms with E-state index in [2.05, 4.69) is 0 Å². The Kier molecular flexibility index (Phi) is 4.62. The number of hydrogen-bond acceptors (Lipinski definition) is 4. The smallest absolute Gasteiger partial charge is 0.274 e. The van der Waals surface area contributed by atoms with Crippen LogP contribution in [0.5, 0.6) is 0 Å². The van der Waals surface area contributed by atoms with Crippen molar-refractivity contribution in [3.05, 3.63) is 34.7 Å². The maximum atomic E-state index is 12.9. The monoisotopic (exact) mass is 350 g/mol. The number of fused-ring (bicyclic) bond motifs is 1. The van der Waals surface area contributed by atoms with E-state index in [1.807, 2.05) is 0 Å². The first-order valence-corrected chi connectivity index (χ1v) is 10.1. The first-order valence-electron chi connectivity index (χ1n) is 8.47. The summed E-state index contributed by atoms with van der Waals surface area (Å²) in [5, 5.41) is 0. The van der Waals surface area contributed by atoms with E-state index in [-0.39, 0.29) is 23.1 Å². The summed E-state index contributed by atoms with van der Waals surface area (Å²) in [6.07, 6.45) is 4.96. The van der Waals surface area contributed by atoms with Crippen LogP contribution in [-0.4, -0.2) is 28.6 Å². The van der Waals surface area contributed by atoms with Crippen molar-refractivity contribution in [2.24, 2.45) is 5.92 Å². The fourth-order valence-electron chi connectivity index (χ4n) is 3.49. The minimum atomic E-state index is -3.78. The first kappa shape index (κ1) is 17.0. The van der Waals surface area contributed by atoms with Crippen molar-refractivity contribution in [3.8, 4) is 0 Å². The van der Waals surface area contributed by atoms with E-state index < -0.39 is 15.7 Å². The maximum Gasteiger partial charge on any atom is 0.349 e. The Bertz CT molecular complexity index is 918. The molecule has 0 N–H and O–H groups in total. The molecule has 6 nitrogen and oxygen atoms in total. The third-order valence-electron chi connectivity index (χ3n) is 4.62. The van der Waals surface area contributed by atoms with Gasteiger partial charge < -0.3 is 0 Å². The van der Waals surface area contributed by atoms with Crippen LogP contribution in [0, 0.1) is 5.92 Å². The van der Waals surface area contributed by atoms with Crippen LogP contribution in [0.2, 0.25) is 0 Å². The number of hydrogen-bond donors (Lipinski definition) is 0. The first-order chi connectivity index (χ1) is 11.5. The molecule has 1 aliphatic rings. The molecule has 0 bridgehead atoms. The average Bonchev–Trinajstić information content (AvgIpc) is 2.87. The highest BCUT2D eigenvalue weighted by atomic mass is 32.2. The molecule has 1 heterocycles. The molecule has 0 atom stereocenters. The molecule has 2 aromatic rings. The minimum absolute atomic E-state index is 0.126. The van der Waals surface area contributed by atoms with Gasteiger partial charge in [0, 0.05) is 5.92 Å². The summed E-state index contributed by atoms with van der Waals surface area (Å²) in [5.74, 6) is -0.607. The lowest BCUT2D eigenvalue weighted by molar-refractivity contribution is 0.0802. The number of carbonyl (C=O) groups excluding carboxylic acids is 1. The van der Waals surface area contributed by atoms with Crippen LogP contribution >= 0.6 is 0 Å². The number of imidazole rings is 1. The number of nitrogens with zero attached hydrogens (tertiary/aromatic N) is 2. The van der Waals surface area contributed by atoms with Crippen molar-refractivity contribution in [2.45, 2.75) is 45.4 Å². The predicted molar refractivity (Wildman–Crippen MR) is 92.9 cm³/mol. The van der Waals surface area contributed by atoms with Crippen molar-refractivity contribution < 1.29 is 13.2 Å². The molecule has 1 saturated carbocycles. The topological polar surface area (TPSA) is 78.1 Å². The molecule has 0 saturated heterocycles. The van der Waals surface area contributed by atoms with Crippen molar-refractivity contribution in [2.75, 3.05) is 5.75 Å². The summed E-state index contributed by atoms with van der Waals surface area (Å²) in [4.78, 5) is 25.7. The lowest BCUT2D eigenvalue weighted by Crippen LogP contribution is -2.36. The fraction of sp³-hybridized carbons (Fsp3) is 0.529. The molecule has 7 heteroatoms. The molecule has 0 unspecified atom stereocenters. The van der Waals surface area contributed by atoms with Crippen LogP contribution in [0.4, 0.5) is 0 Å². The molecule has 1 aromatic heterocycles. The number of benzene rings is 1. The molecule has 1 aromatic carbocycles. The minimum Gasteiger partial charge on any atom is -0.274 e. The second-order valence-electron chi connectivity index (χ2n) is 6.36. The highest BCUT2D eigenvalue weighted by molar-refractivity contribution is 7.90. The average molecular weight is 350 g/mol. The highest BCUT2D eigenvalue weighted by Gasteiger charge is 2.29. The van der Waals surface area contributed by atoms with E-state index in [4.69, 9.17) is 0 Å². The summed E-state index contributed by atoms with van der Waals surface area (Å²) < 4.78 is 26.9. The van der Waals surface area contributed by atoms with E-state index >= 15 is 0 Å². The van der Waals surface area contributed by atoms with E-state index in [1.54, 1.807) is 31.2 Å². The van der Waals surface area contributed by atoms with E-state index in [0.717, 1.165) is 40.6 Å². The van der Waals surface area contributed by atoms with Gasteiger partial charge in [-0.1, -0.05) is 38.3 Å². The van der Waals surface area contributed by atoms with Gasteiger partial charge >= 0.3 is 5.69 Å². The van der Waals surface area contributed by atoms with Gasteiger partial charge in [0.15, 0.2) is 0 Å². The molecule has 24 heavy (non-hydrogen) atoms. The molecule has 3 rings (SSSR count). The normalized spacial score (nSPS) is 16.5. The van der Waals surface area contributed by atoms with Gasteiger partial charge in [-0.3, -0.25) is 4.79 Å². The maximum absolute atomic E-state index is 12.9. The molecular formula is C17H22N2O4S. The van der Waals surface area contributed by atoms with Gasteiger partial charge in [-0.05, 0) is 31.4 Å². The molecule has 0 aliphatic heterocycles. The zero-order chi connectivity index (χ0) is 17.3. The predicted octanol–water partition coefficient (Wildman–Crippen LogP) is 2.61. The van der Waals surface area contributed by atoms with E-state index in [0.29, 0.717) is 11.9 Å². The van der Waals surface area contributed by atoms with Crippen molar-refractivity contribution in [3.63, 3.8) is 0 Å². The summed E-state index contributed by atoms with van der Waals surface area (Å²) >= 11 is 0. The lowest BCUT2D eigenvalue weighted by Gasteiger charge is -2.20. The van der Waals surface area contributed by atoms with Crippen LogP contribution in [0.15, 0.2) is 29.1 Å². The van der Waals surface area contributed by atoms with E-state index in [1.165, 1.54) is 0 Å². The molecule has 0 amide bonds. The second kappa shape index (κ2) is 6.55. The van der Waals surface area contributed by atoms with Crippen LogP contribution in [0.25, 0.3) is 11.0 Å². The largest absolute Gasteiger partial charge is 0.349 e. The summed E-state index contributed by atoms with van der Waals surface area (Å²) in [5.41, 5.74) is -0.113. The Labute approximate surface area is 141 Å². The third kappa shape index (κ3) is 2.81. The Morgan fingerprint density at radius 3 is 2.38 bits per heavy atom. The zero-order valence-corrected chi connectivity index (χ0v) is 14.6. The quantitative estimate of drug-likeness (QED) is 0.849. The Hall–Kier alpha value is -1.89. The van der Waals surface area contributed by atoms with Gasteiger partial charge in [0.25, 0.3) is 0 Å². The number of aromatic nitrogens is 2. The molecule has 0 spiro atoms. The Morgan fingerprint density at radius 1 is 1.12 bits per heavy atom. The van der Waals surface area contributed by atoms with Gasteiger partial charge in [-0.25, -0.2) is 17.8 Å². The molecule has 0 radical (unpaired) electrons. The van der Waals surface area contributed by atoms with Gasteiger partial charge in [-0.15, -0.1) is 0 Å². The SMILES string of the molecule is CCCS(=O)(=O)n1c(=O)n(C(=O)C2CCCCC2)c2ccccc21. The molecular weight excluding hydrogens is 328 g/mol. The van der Waals surface area contributed by atoms with Crippen LogP contribution in [0.1, 0.15) is 50.2 Å². The molecule has 1 fully saturated rings. The van der Waals surface area contributed by atoms with Gasteiger partial charge in [0.2, 0.25) is 15.9 Å². The van der Waals surface area contributed by atoms with Gasteiger partial charge in [0.05, 0.1) is 16.8 Å². The number of carbonyl (C=O) groups is 1. The second-order valence-corrected chi connectivity index (χ2v) is 8.30. The molecule has 1 aliphatic carbocycles. The van der Waals surface area contributed by atoms with Gasteiger partial charge in [0.1, 0.15) is 0 Å². The lowest BCUT2D eigenvalue weighted by atomic mass is 9.88. The Balaban J connectivity index is 2.21. The standard InChI is InChI=1S/C17H22N2O4S/c1-2-12-24(22,23)19-15-11-7-6-10-14(15)18(17(19)21)16(20)13-8-4-3-5-9-13/h6-7,10-11,13H,2-5,8-9,12H2,1H3. The summed E-state index contributed by atoms with van der Waals surface area (Å²) in [6.45, 7) is 1.74. The van der Waals surface area contributed by atoms with Crippen LogP contribution in [0.3, 0.4) is 0 Å². The number of rotatable bonds is 4. The van der Waals surface area contributed by atoms with Gasteiger partial charge in [-0.2, -0.15) is 3.97 Å². The fourth-order valence-corrected chi connectivity index (χ4v) is 4.96. The number of para-hydroxylation sites is 2. The van der Waals surface area contributed by atoms with Crippen LogP contribution < -0.4 is 5.69 Å². The molecule has 130 valence electrons. The Morgan fingerprint density at radius 2 is 1.75 bits per heavy atom. The summed E-state index contributed by atoms with van der Waals surface area (Å²) in [7, 11) is -3.78. The van der Waals surface area contributed by atoms with Crippen molar-refractivity contribution in [1.82, 2.24) is 8.54 Å².